The monoisotopic (exact) mass is 471 g/mol. The van der Waals surface area contributed by atoms with Crippen molar-refractivity contribution in [3.8, 4) is 22.4 Å². The number of benzene rings is 2. The Balaban J connectivity index is 1.51. The molecule has 35 heavy (non-hydrogen) atoms. The predicted molar refractivity (Wildman–Crippen MR) is 147 cm³/mol. The molecular formula is C32H38FNO. The zero-order chi connectivity index (χ0) is 24.9. The fourth-order valence-electron chi connectivity index (χ4n) is 4.01. The van der Waals surface area contributed by atoms with E-state index in [2.05, 4.69) is 55.8 Å². The second-order valence-corrected chi connectivity index (χ2v) is 9.08. The van der Waals surface area contributed by atoms with Gasteiger partial charge >= 0.3 is 0 Å². The lowest BCUT2D eigenvalue weighted by Crippen LogP contribution is -2.08. The third-order valence-corrected chi connectivity index (χ3v) is 6.16. The average molecular weight is 472 g/mol. The van der Waals surface area contributed by atoms with Crippen LogP contribution in [0.4, 0.5) is 4.39 Å². The summed E-state index contributed by atoms with van der Waals surface area (Å²) in [4.78, 5) is 4.58. The van der Waals surface area contributed by atoms with E-state index in [9.17, 15) is 4.39 Å². The minimum atomic E-state index is -0.227. The topological polar surface area (TPSA) is 22.1 Å². The van der Waals surface area contributed by atoms with Gasteiger partial charge in [0.1, 0.15) is 5.82 Å². The van der Waals surface area contributed by atoms with Crippen molar-refractivity contribution in [3.05, 3.63) is 96.5 Å². The van der Waals surface area contributed by atoms with Crippen molar-refractivity contribution in [3.63, 3.8) is 0 Å². The van der Waals surface area contributed by atoms with Crippen LogP contribution in [-0.2, 0) is 11.2 Å². The molecule has 0 aliphatic rings. The molecule has 3 rings (SSSR count). The van der Waals surface area contributed by atoms with E-state index >= 15 is 0 Å². The van der Waals surface area contributed by atoms with Crippen LogP contribution in [0.25, 0.3) is 28.5 Å². The smallest absolute Gasteiger partial charge is 0.131 e. The molecule has 0 saturated carbocycles. The molecule has 184 valence electrons. The summed E-state index contributed by atoms with van der Waals surface area (Å²) in [6.07, 6.45) is 15.4. The molecule has 0 fully saturated rings. The standard InChI is InChI=1S/C32H38FNO/c1-4-6-10-22-35-25(3)12-8-7-9-13-28-18-19-29(23-31(28)33)32-21-20-30(24-34-32)27-16-14-26(11-5-2)15-17-27/h5,9,13-21,23-25H,2,4,6-8,10-12,22H2,1,3H3/b13-9+. The first kappa shape index (κ1) is 26.6. The van der Waals surface area contributed by atoms with Crippen molar-refractivity contribution >= 4 is 6.08 Å². The van der Waals surface area contributed by atoms with E-state index in [-0.39, 0.29) is 11.9 Å². The Morgan fingerprint density at radius 1 is 0.971 bits per heavy atom. The van der Waals surface area contributed by atoms with Gasteiger partial charge in [0.2, 0.25) is 0 Å². The highest BCUT2D eigenvalue weighted by atomic mass is 19.1. The number of nitrogens with zero attached hydrogens (tertiary/aromatic N) is 1. The first-order chi connectivity index (χ1) is 17.1. The molecule has 1 heterocycles. The van der Waals surface area contributed by atoms with Crippen molar-refractivity contribution < 1.29 is 9.13 Å². The van der Waals surface area contributed by atoms with Crippen LogP contribution < -0.4 is 0 Å². The number of pyridine rings is 1. The first-order valence-corrected chi connectivity index (χ1v) is 12.8. The summed E-state index contributed by atoms with van der Waals surface area (Å²) >= 11 is 0. The Bertz CT molecular complexity index is 1070. The molecule has 0 aliphatic heterocycles. The van der Waals surface area contributed by atoms with E-state index in [1.165, 1.54) is 18.4 Å². The number of ether oxygens (including phenoxy) is 1. The molecule has 1 atom stereocenters. The molecule has 0 saturated heterocycles. The molecule has 0 radical (unpaired) electrons. The largest absolute Gasteiger partial charge is 0.379 e. The summed E-state index contributed by atoms with van der Waals surface area (Å²) in [6.45, 7) is 8.97. The van der Waals surface area contributed by atoms with Gasteiger partial charge in [-0.05, 0) is 62.3 Å². The van der Waals surface area contributed by atoms with E-state index in [1.54, 1.807) is 6.07 Å². The van der Waals surface area contributed by atoms with Crippen molar-refractivity contribution in [1.29, 1.82) is 0 Å². The second kappa shape index (κ2) is 14.4. The Kier molecular flexibility index (Phi) is 10.9. The minimum Gasteiger partial charge on any atom is -0.379 e. The van der Waals surface area contributed by atoms with Crippen molar-refractivity contribution in [2.75, 3.05) is 6.61 Å². The molecule has 0 aliphatic carbocycles. The summed E-state index contributed by atoms with van der Waals surface area (Å²) in [7, 11) is 0. The van der Waals surface area contributed by atoms with Gasteiger partial charge in [-0.3, -0.25) is 4.98 Å². The van der Waals surface area contributed by atoms with Gasteiger partial charge in [-0.15, -0.1) is 6.58 Å². The lowest BCUT2D eigenvalue weighted by molar-refractivity contribution is 0.0566. The van der Waals surface area contributed by atoms with Crippen LogP contribution >= 0.6 is 0 Å². The molecular weight excluding hydrogens is 433 g/mol. The van der Waals surface area contributed by atoms with Crippen molar-refractivity contribution in [2.45, 2.75) is 64.9 Å². The lowest BCUT2D eigenvalue weighted by atomic mass is 10.0. The molecule has 1 aromatic heterocycles. The Hall–Kier alpha value is -3.04. The maximum Gasteiger partial charge on any atom is 0.131 e. The van der Waals surface area contributed by atoms with Crippen LogP contribution in [-0.4, -0.2) is 17.7 Å². The maximum absolute atomic E-state index is 14.7. The zero-order valence-electron chi connectivity index (χ0n) is 21.2. The van der Waals surface area contributed by atoms with Gasteiger partial charge in [0.05, 0.1) is 11.8 Å². The van der Waals surface area contributed by atoms with Crippen LogP contribution in [0.1, 0.15) is 63.5 Å². The molecule has 0 amide bonds. The van der Waals surface area contributed by atoms with Gasteiger partial charge in [-0.1, -0.05) is 80.5 Å². The molecule has 0 N–H and O–H groups in total. The summed E-state index contributed by atoms with van der Waals surface area (Å²) in [5, 5.41) is 0. The van der Waals surface area contributed by atoms with Gasteiger partial charge in [0, 0.05) is 29.5 Å². The number of hydrogen-bond donors (Lipinski definition) is 0. The van der Waals surface area contributed by atoms with Crippen LogP contribution in [0, 0.1) is 5.82 Å². The zero-order valence-corrected chi connectivity index (χ0v) is 21.2. The van der Waals surface area contributed by atoms with Gasteiger partial charge in [-0.25, -0.2) is 4.39 Å². The van der Waals surface area contributed by atoms with E-state index < -0.39 is 0 Å². The Morgan fingerprint density at radius 3 is 2.43 bits per heavy atom. The summed E-state index contributed by atoms with van der Waals surface area (Å²) in [5.74, 6) is -0.227. The SMILES string of the molecule is C=CCc1ccc(-c2ccc(-c3ccc(/C=C/CCCC(C)OCCCCC)c(F)c3)nc2)cc1. The molecule has 2 aromatic carbocycles. The van der Waals surface area contributed by atoms with Gasteiger partial charge < -0.3 is 4.74 Å². The highest BCUT2D eigenvalue weighted by Gasteiger charge is 2.06. The first-order valence-electron chi connectivity index (χ1n) is 12.8. The van der Waals surface area contributed by atoms with Gasteiger partial charge in [0.15, 0.2) is 0 Å². The highest BCUT2D eigenvalue weighted by Crippen LogP contribution is 2.25. The van der Waals surface area contributed by atoms with E-state index in [0.29, 0.717) is 5.56 Å². The fraction of sp³-hybridized carbons (Fsp3) is 0.344. The third-order valence-electron chi connectivity index (χ3n) is 6.16. The quantitative estimate of drug-likeness (QED) is 0.173. The molecule has 2 nitrogen and oxygen atoms in total. The summed E-state index contributed by atoms with van der Waals surface area (Å²) in [5.41, 5.74) is 5.54. The van der Waals surface area contributed by atoms with E-state index in [1.807, 2.05) is 42.6 Å². The predicted octanol–water partition coefficient (Wildman–Crippen LogP) is 9.06. The summed E-state index contributed by atoms with van der Waals surface area (Å²) in [6, 6.07) is 17.7. The highest BCUT2D eigenvalue weighted by molar-refractivity contribution is 5.68. The third kappa shape index (κ3) is 8.60. The summed E-state index contributed by atoms with van der Waals surface area (Å²) < 4.78 is 20.6. The number of halogens is 1. The normalized spacial score (nSPS) is 12.2. The number of unbranched alkanes of at least 4 members (excludes halogenated alkanes) is 3. The molecule has 1 unspecified atom stereocenters. The lowest BCUT2D eigenvalue weighted by Gasteiger charge is -2.12. The molecule has 0 bridgehead atoms. The van der Waals surface area contributed by atoms with Crippen LogP contribution in [0.5, 0.6) is 0 Å². The molecule has 3 aromatic rings. The fourth-order valence-corrected chi connectivity index (χ4v) is 4.01. The second-order valence-electron chi connectivity index (χ2n) is 9.08. The van der Waals surface area contributed by atoms with Crippen LogP contribution in [0.2, 0.25) is 0 Å². The maximum atomic E-state index is 14.7. The van der Waals surface area contributed by atoms with Gasteiger partial charge in [0.25, 0.3) is 0 Å². The Morgan fingerprint density at radius 2 is 1.74 bits per heavy atom. The van der Waals surface area contributed by atoms with E-state index in [0.717, 1.165) is 61.1 Å². The van der Waals surface area contributed by atoms with Crippen LogP contribution in [0.15, 0.2) is 79.5 Å². The van der Waals surface area contributed by atoms with Gasteiger partial charge in [-0.2, -0.15) is 0 Å². The number of rotatable bonds is 14. The minimum absolute atomic E-state index is 0.227. The number of aromatic nitrogens is 1. The molecule has 0 spiro atoms. The number of allylic oxidation sites excluding steroid dienone is 2. The number of hydrogen-bond acceptors (Lipinski definition) is 2. The van der Waals surface area contributed by atoms with E-state index in [4.69, 9.17) is 4.74 Å². The van der Waals surface area contributed by atoms with Crippen molar-refractivity contribution in [2.24, 2.45) is 0 Å². The Labute approximate surface area is 210 Å². The van der Waals surface area contributed by atoms with Crippen molar-refractivity contribution in [1.82, 2.24) is 4.98 Å². The van der Waals surface area contributed by atoms with Crippen LogP contribution in [0.3, 0.4) is 0 Å². The molecule has 3 heteroatoms. The average Bonchev–Trinajstić information content (AvgIpc) is 2.88.